The summed E-state index contributed by atoms with van der Waals surface area (Å²) in [4.78, 5) is 8.56. The van der Waals surface area contributed by atoms with E-state index in [0.29, 0.717) is 12.4 Å². The molecule has 0 aliphatic carbocycles. The Balaban J connectivity index is 2.09. The fraction of sp³-hybridized carbons (Fsp3) is 0.0909. The maximum atomic E-state index is 4.45. The Bertz CT molecular complexity index is 1090. The number of nitrogens with zero attached hydrogens (tertiary/aromatic N) is 3. The molecule has 4 rings (SSSR count). The molecule has 0 saturated carbocycles. The van der Waals surface area contributed by atoms with Crippen molar-refractivity contribution in [2.75, 3.05) is 6.54 Å². The third-order valence-corrected chi connectivity index (χ3v) is 4.40. The van der Waals surface area contributed by atoms with E-state index in [1.54, 1.807) is 0 Å². The molecule has 0 spiro atoms. The second kappa shape index (κ2) is 6.36. The van der Waals surface area contributed by atoms with Crippen molar-refractivity contribution in [1.82, 2.24) is 4.57 Å². The van der Waals surface area contributed by atoms with E-state index in [0.717, 1.165) is 16.8 Å². The van der Waals surface area contributed by atoms with Crippen LogP contribution in [0, 0.1) is 0 Å². The van der Waals surface area contributed by atoms with Gasteiger partial charge < -0.3 is 4.57 Å². The van der Waals surface area contributed by atoms with Crippen molar-refractivity contribution in [1.29, 1.82) is 0 Å². The standard InChI is InChI=1S/C22H19N3/c1-3-24-22(23-2)16-13-14-19-18-11-7-8-12-20(18)25(21(19)15-16)17-9-5-4-6-10-17/h4-15H,2-3H2,1H3/b24-22-. The number of rotatable bonds is 3. The zero-order chi connectivity index (χ0) is 17.2. The van der Waals surface area contributed by atoms with Crippen LogP contribution in [0.15, 0.2) is 82.8 Å². The molecule has 0 aliphatic rings. The van der Waals surface area contributed by atoms with Gasteiger partial charge in [-0.2, -0.15) is 0 Å². The summed E-state index contributed by atoms with van der Waals surface area (Å²) in [6.07, 6.45) is 0. The quantitative estimate of drug-likeness (QED) is 0.364. The average Bonchev–Trinajstić information content (AvgIpc) is 3.00. The lowest BCUT2D eigenvalue weighted by atomic mass is 10.1. The second-order valence-corrected chi connectivity index (χ2v) is 5.88. The zero-order valence-corrected chi connectivity index (χ0v) is 14.2. The first-order valence-corrected chi connectivity index (χ1v) is 8.43. The van der Waals surface area contributed by atoms with Crippen molar-refractivity contribution in [3.05, 3.63) is 78.4 Å². The molecular formula is C22H19N3. The molecule has 25 heavy (non-hydrogen) atoms. The lowest BCUT2D eigenvalue weighted by Gasteiger charge is -2.08. The van der Waals surface area contributed by atoms with Gasteiger partial charge >= 0.3 is 0 Å². The molecule has 0 fully saturated rings. The van der Waals surface area contributed by atoms with Crippen LogP contribution in [0.5, 0.6) is 0 Å². The predicted molar refractivity (Wildman–Crippen MR) is 107 cm³/mol. The molecule has 4 aromatic rings. The summed E-state index contributed by atoms with van der Waals surface area (Å²) < 4.78 is 2.29. The van der Waals surface area contributed by atoms with E-state index in [1.807, 2.05) is 13.0 Å². The molecule has 3 heteroatoms. The molecule has 1 heterocycles. The van der Waals surface area contributed by atoms with Crippen molar-refractivity contribution in [2.45, 2.75) is 6.92 Å². The van der Waals surface area contributed by atoms with E-state index < -0.39 is 0 Å². The fourth-order valence-electron chi connectivity index (χ4n) is 3.35. The van der Waals surface area contributed by atoms with Crippen molar-refractivity contribution in [2.24, 2.45) is 9.98 Å². The minimum atomic E-state index is 0.689. The van der Waals surface area contributed by atoms with Crippen LogP contribution in [0.2, 0.25) is 0 Å². The first kappa shape index (κ1) is 15.3. The predicted octanol–water partition coefficient (Wildman–Crippen LogP) is 5.25. The van der Waals surface area contributed by atoms with Crippen LogP contribution in [0.25, 0.3) is 27.5 Å². The van der Waals surface area contributed by atoms with Gasteiger partial charge in [-0.15, -0.1) is 0 Å². The molecular weight excluding hydrogens is 306 g/mol. The number of aliphatic imine (C=N–C) groups is 2. The van der Waals surface area contributed by atoms with Gasteiger partial charge in [0.2, 0.25) is 0 Å². The lowest BCUT2D eigenvalue weighted by molar-refractivity contribution is 1.12. The maximum absolute atomic E-state index is 4.45. The normalized spacial score (nSPS) is 12.0. The summed E-state index contributed by atoms with van der Waals surface area (Å²) in [5, 5.41) is 2.47. The van der Waals surface area contributed by atoms with E-state index >= 15 is 0 Å². The number of aromatic nitrogens is 1. The van der Waals surface area contributed by atoms with E-state index in [4.69, 9.17) is 0 Å². The molecule has 0 radical (unpaired) electrons. The van der Waals surface area contributed by atoms with Crippen LogP contribution in [-0.4, -0.2) is 23.7 Å². The van der Waals surface area contributed by atoms with Gasteiger partial charge in [0.05, 0.1) is 11.0 Å². The Morgan fingerprint density at radius 1 is 0.880 bits per heavy atom. The van der Waals surface area contributed by atoms with Crippen LogP contribution in [0.4, 0.5) is 0 Å². The number of fused-ring (bicyclic) bond motifs is 3. The Labute approximate surface area is 147 Å². The summed E-state index contributed by atoms with van der Waals surface area (Å²) in [6, 6.07) is 25.3. The monoisotopic (exact) mass is 325 g/mol. The molecule has 0 saturated heterocycles. The highest BCUT2D eigenvalue weighted by molar-refractivity contribution is 6.12. The number of para-hydroxylation sites is 2. The van der Waals surface area contributed by atoms with Gasteiger partial charge in [0, 0.05) is 28.6 Å². The Morgan fingerprint density at radius 3 is 2.36 bits per heavy atom. The highest BCUT2D eigenvalue weighted by Crippen LogP contribution is 2.32. The molecule has 0 atom stereocenters. The van der Waals surface area contributed by atoms with Gasteiger partial charge in [-0.05, 0) is 37.9 Å². The summed E-state index contributed by atoms with van der Waals surface area (Å²) in [7, 11) is 0. The van der Waals surface area contributed by atoms with Gasteiger partial charge in [0.25, 0.3) is 0 Å². The van der Waals surface area contributed by atoms with Gasteiger partial charge in [-0.25, -0.2) is 4.99 Å². The minimum absolute atomic E-state index is 0.689. The van der Waals surface area contributed by atoms with Crippen molar-refractivity contribution >= 4 is 34.4 Å². The molecule has 1 aromatic heterocycles. The molecule has 3 nitrogen and oxygen atoms in total. The number of benzene rings is 3. The molecule has 0 amide bonds. The van der Waals surface area contributed by atoms with E-state index in [-0.39, 0.29) is 0 Å². The largest absolute Gasteiger partial charge is 0.309 e. The van der Waals surface area contributed by atoms with Crippen LogP contribution >= 0.6 is 0 Å². The molecule has 122 valence electrons. The Kier molecular flexibility index (Phi) is 3.90. The van der Waals surface area contributed by atoms with Crippen LogP contribution in [0.3, 0.4) is 0 Å². The Morgan fingerprint density at radius 2 is 1.60 bits per heavy atom. The molecule has 3 aromatic carbocycles. The molecule has 0 unspecified atom stereocenters. The zero-order valence-electron chi connectivity index (χ0n) is 14.2. The lowest BCUT2D eigenvalue weighted by Crippen LogP contribution is -1.99. The van der Waals surface area contributed by atoms with Crippen LogP contribution in [-0.2, 0) is 0 Å². The molecule has 0 aliphatic heterocycles. The summed E-state index contributed by atoms with van der Waals surface area (Å²) >= 11 is 0. The van der Waals surface area contributed by atoms with E-state index in [9.17, 15) is 0 Å². The van der Waals surface area contributed by atoms with E-state index in [1.165, 1.54) is 16.3 Å². The second-order valence-electron chi connectivity index (χ2n) is 5.88. The van der Waals surface area contributed by atoms with E-state index in [2.05, 4.69) is 88.0 Å². The summed E-state index contributed by atoms with van der Waals surface area (Å²) in [6.45, 7) is 6.37. The summed E-state index contributed by atoms with van der Waals surface area (Å²) in [5.41, 5.74) is 4.48. The van der Waals surface area contributed by atoms with Gasteiger partial charge in [0.1, 0.15) is 0 Å². The SMILES string of the molecule is C=N/C(=N\CC)c1ccc2c3ccccc3n(-c3ccccc3)c2c1. The summed E-state index contributed by atoms with van der Waals surface area (Å²) in [5.74, 6) is 0.689. The maximum Gasteiger partial charge on any atom is 0.153 e. The number of amidine groups is 1. The third kappa shape index (κ3) is 2.54. The molecule has 0 N–H and O–H groups in total. The first-order valence-electron chi connectivity index (χ1n) is 8.43. The fourth-order valence-corrected chi connectivity index (χ4v) is 3.35. The number of hydrogen-bond donors (Lipinski definition) is 0. The Hall–Kier alpha value is -3.20. The highest BCUT2D eigenvalue weighted by Gasteiger charge is 2.13. The van der Waals surface area contributed by atoms with Crippen molar-refractivity contribution in [3.63, 3.8) is 0 Å². The number of hydrogen-bond acceptors (Lipinski definition) is 1. The third-order valence-electron chi connectivity index (χ3n) is 4.40. The van der Waals surface area contributed by atoms with Gasteiger partial charge in [-0.1, -0.05) is 48.5 Å². The van der Waals surface area contributed by atoms with Gasteiger partial charge in [0.15, 0.2) is 5.84 Å². The average molecular weight is 325 g/mol. The minimum Gasteiger partial charge on any atom is -0.309 e. The van der Waals surface area contributed by atoms with Crippen LogP contribution < -0.4 is 0 Å². The van der Waals surface area contributed by atoms with Gasteiger partial charge in [-0.3, -0.25) is 4.99 Å². The topological polar surface area (TPSA) is 29.6 Å². The highest BCUT2D eigenvalue weighted by atomic mass is 15.0. The van der Waals surface area contributed by atoms with Crippen molar-refractivity contribution in [3.8, 4) is 5.69 Å². The van der Waals surface area contributed by atoms with Crippen molar-refractivity contribution < 1.29 is 0 Å². The molecule has 0 bridgehead atoms. The smallest absolute Gasteiger partial charge is 0.153 e. The first-order chi connectivity index (χ1) is 12.3. The van der Waals surface area contributed by atoms with Crippen LogP contribution in [0.1, 0.15) is 12.5 Å².